The lowest BCUT2D eigenvalue weighted by molar-refractivity contribution is -0.113. The summed E-state index contributed by atoms with van der Waals surface area (Å²) in [7, 11) is 0. The van der Waals surface area contributed by atoms with Crippen molar-refractivity contribution in [2.75, 3.05) is 11.1 Å². The van der Waals surface area contributed by atoms with Gasteiger partial charge in [-0.05, 0) is 31.5 Å². The van der Waals surface area contributed by atoms with Gasteiger partial charge >= 0.3 is 0 Å². The van der Waals surface area contributed by atoms with Crippen LogP contribution >= 0.6 is 11.8 Å². The van der Waals surface area contributed by atoms with Crippen LogP contribution in [0.3, 0.4) is 0 Å². The Morgan fingerprint density at radius 3 is 2.94 bits per heavy atom. The molecule has 0 saturated carbocycles. The van der Waals surface area contributed by atoms with E-state index in [-0.39, 0.29) is 5.91 Å². The van der Waals surface area contributed by atoms with Crippen molar-refractivity contribution < 1.29 is 9.90 Å². The first-order chi connectivity index (χ1) is 7.44. The molecular formula is C12H15NO2S. The van der Waals surface area contributed by atoms with Gasteiger partial charge in [0, 0.05) is 11.3 Å². The standard InChI is InChI=1S/C12H15NO2S/c1-12(2,15)6-8-3-4-9-10(5-8)16-7-11(14)13-9/h3-5,15H,6-7H2,1-2H3,(H,13,14). The molecule has 0 fully saturated rings. The van der Waals surface area contributed by atoms with Crippen molar-refractivity contribution >= 4 is 23.4 Å². The molecule has 0 aliphatic carbocycles. The minimum Gasteiger partial charge on any atom is -0.390 e. The third-order valence-corrected chi connectivity index (χ3v) is 3.37. The molecule has 3 nitrogen and oxygen atoms in total. The first-order valence-corrected chi connectivity index (χ1v) is 6.20. The summed E-state index contributed by atoms with van der Waals surface area (Å²) in [4.78, 5) is 12.3. The molecule has 2 N–H and O–H groups in total. The summed E-state index contributed by atoms with van der Waals surface area (Å²) in [6.45, 7) is 3.59. The second-order valence-corrected chi connectivity index (χ2v) is 5.67. The summed E-state index contributed by atoms with van der Waals surface area (Å²) >= 11 is 1.54. The van der Waals surface area contributed by atoms with E-state index >= 15 is 0 Å². The number of thioether (sulfide) groups is 1. The van der Waals surface area contributed by atoms with E-state index in [1.807, 2.05) is 18.2 Å². The van der Waals surface area contributed by atoms with Gasteiger partial charge in [0.15, 0.2) is 0 Å². The summed E-state index contributed by atoms with van der Waals surface area (Å²) in [5, 5.41) is 12.6. The smallest absolute Gasteiger partial charge is 0.234 e. The number of hydrogen-bond donors (Lipinski definition) is 2. The highest BCUT2D eigenvalue weighted by molar-refractivity contribution is 8.00. The maximum Gasteiger partial charge on any atom is 0.234 e. The van der Waals surface area contributed by atoms with Gasteiger partial charge in [-0.1, -0.05) is 6.07 Å². The lowest BCUT2D eigenvalue weighted by Gasteiger charge is -2.20. The molecule has 1 aliphatic heterocycles. The molecule has 0 bridgehead atoms. The van der Waals surface area contributed by atoms with Gasteiger partial charge in [0.2, 0.25) is 5.91 Å². The number of aliphatic hydroxyl groups is 1. The summed E-state index contributed by atoms with van der Waals surface area (Å²) in [6, 6.07) is 5.89. The zero-order chi connectivity index (χ0) is 11.8. The number of benzene rings is 1. The number of amides is 1. The van der Waals surface area contributed by atoms with Crippen LogP contribution in [-0.2, 0) is 11.2 Å². The number of rotatable bonds is 2. The van der Waals surface area contributed by atoms with Crippen LogP contribution in [-0.4, -0.2) is 22.4 Å². The third-order valence-electron chi connectivity index (χ3n) is 2.32. The van der Waals surface area contributed by atoms with E-state index in [1.165, 1.54) is 0 Å². The number of hydrogen-bond acceptors (Lipinski definition) is 3. The predicted molar refractivity (Wildman–Crippen MR) is 65.8 cm³/mol. The van der Waals surface area contributed by atoms with Crippen LogP contribution in [0.25, 0.3) is 0 Å². The largest absolute Gasteiger partial charge is 0.390 e. The van der Waals surface area contributed by atoms with Crippen molar-refractivity contribution in [2.24, 2.45) is 0 Å². The number of nitrogens with one attached hydrogen (secondary N) is 1. The predicted octanol–water partition coefficient (Wildman–Crippen LogP) is 2.04. The number of anilines is 1. The van der Waals surface area contributed by atoms with Crippen LogP contribution < -0.4 is 5.32 Å². The highest BCUT2D eigenvalue weighted by Gasteiger charge is 2.18. The maximum atomic E-state index is 11.2. The molecule has 1 heterocycles. The highest BCUT2D eigenvalue weighted by atomic mass is 32.2. The molecule has 0 spiro atoms. The fourth-order valence-electron chi connectivity index (χ4n) is 1.73. The SMILES string of the molecule is CC(C)(O)Cc1ccc2c(c1)SCC(=O)N2. The normalized spacial score (nSPS) is 15.6. The Kier molecular flexibility index (Phi) is 2.95. The van der Waals surface area contributed by atoms with E-state index < -0.39 is 5.60 Å². The lowest BCUT2D eigenvalue weighted by Crippen LogP contribution is -2.22. The van der Waals surface area contributed by atoms with E-state index in [0.29, 0.717) is 12.2 Å². The molecular weight excluding hydrogens is 222 g/mol. The van der Waals surface area contributed by atoms with Gasteiger partial charge in [0.1, 0.15) is 0 Å². The maximum absolute atomic E-state index is 11.2. The van der Waals surface area contributed by atoms with Crippen molar-refractivity contribution in [2.45, 2.75) is 30.8 Å². The van der Waals surface area contributed by atoms with Gasteiger partial charge in [-0.3, -0.25) is 4.79 Å². The summed E-state index contributed by atoms with van der Waals surface area (Å²) in [6.07, 6.45) is 0.620. The van der Waals surface area contributed by atoms with E-state index in [2.05, 4.69) is 5.32 Å². The van der Waals surface area contributed by atoms with Gasteiger partial charge in [0.25, 0.3) is 0 Å². The van der Waals surface area contributed by atoms with Gasteiger partial charge in [-0.25, -0.2) is 0 Å². The minimum absolute atomic E-state index is 0.0488. The van der Waals surface area contributed by atoms with Crippen molar-refractivity contribution in [1.29, 1.82) is 0 Å². The van der Waals surface area contributed by atoms with Crippen LogP contribution in [0.1, 0.15) is 19.4 Å². The average molecular weight is 237 g/mol. The quantitative estimate of drug-likeness (QED) is 0.827. The molecule has 0 atom stereocenters. The molecule has 1 aromatic carbocycles. The number of carbonyl (C=O) groups is 1. The van der Waals surface area contributed by atoms with Crippen molar-refractivity contribution in [3.05, 3.63) is 23.8 Å². The van der Waals surface area contributed by atoms with Crippen molar-refractivity contribution in [1.82, 2.24) is 0 Å². The van der Waals surface area contributed by atoms with E-state index in [1.54, 1.807) is 25.6 Å². The zero-order valence-electron chi connectivity index (χ0n) is 9.41. The molecule has 0 radical (unpaired) electrons. The molecule has 86 valence electrons. The first-order valence-electron chi connectivity index (χ1n) is 5.22. The van der Waals surface area contributed by atoms with Gasteiger partial charge < -0.3 is 10.4 Å². The number of fused-ring (bicyclic) bond motifs is 1. The Morgan fingerprint density at radius 2 is 2.25 bits per heavy atom. The first kappa shape index (κ1) is 11.5. The lowest BCUT2D eigenvalue weighted by atomic mass is 9.98. The molecule has 0 saturated heterocycles. The Labute approximate surface area is 99.2 Å². The highest BCUT2D eigenvalue weighted by Crippen LogP contribution is 2.32. The molecule has 1 amide bonds. The van der Waals surface area contributed by atoms with Crippen molar-refractivity contribution in [3.63, 3.8) is 0 Å². The molecule has 0 aromatic heterocycles. The molecule has 1 aromatic rings. The average Bonchev–Trinajstić information content (AvgIpc) is 2.16. The topological polar surface area (TPSA) is 49.3 Å². The van der Waals surface area contributed by atoms with Gasteiger partial charge in [-0.15, -0.1) is 11.8 Å². The van der Waals surface area contributed by atoms with Gasteiger partial charge in [0.05, 0.1) is 17.0 Å². The molecule has 2 rings (SSSR count). The fourth-order valence-corrected chi connectivity index (χ4v) is 2.60. The molecule has 16 heavy (non-hydrogen) atoms. The van der Waals surface area contributed by atoms with E-state index in [4.69, 9.17) is 0 Å². The molecule has 0 unspecified atom stereocenters. The third kappa shape index (κ3) is 2.77. The monoisotopic (exact) mass is 237 g/mol. The Hall–Kier alpha value is -1.00. The van der Waals surface area contributed by atoms with Crippen LogP contribution in [0, 0.1) is 0 Å². The zero-order valence-corrected chi connectivity index (χ0v) is 10.2. The Bertz CT molecular complexity index is 424. The minimum atomic E-state index is -0.698. The Morgan fingerprint density at radius 1 is 1.50 bits per heavy atom. The second-order valence-electron chi connectivity index (χ2n) is 4.66. The second kappa shape index (κ2) is 4.11. The Balaban J connectivity index is 2.23. The summed E-state index contributed by atoms with van der Waals surface area (Å²) in [5.41, 5.74) is 1.27. The van der Waals surface area contributed by atoms with E-state index in [0.717, 1.165) is 16.1 Å². The number of carbonyl (C=O) groups excluding carboxylic acids is 1. The summed E-state index contributed by atoms with van der Waals surface area (Å²) < 4.78 is 0. The van der Waals surface area contributed by atoms with Crippen LogP contribution in [0.5, 0.6) is 0 Å². The van der Waals surface area contributed by atoms with E-state index in [9.17, 15) is 9.90 Å². The van der Waals surface area contributed by atoms with Crippen LogP contribution in [0.15, 0.2) is 23.1 Å². The molecule has 1 aliphatic rings. The van der Waals surface area contributed by atoms with Crippen molar-refractivity contribution in [3.8, 4) is 0 Å². The van der Waals surface area contributed by atoms with Crippen LogP contribution in [0.2, 0.25) is 0 Å². The van der Waals surface area contributed by atoms with Gasteiger partial charge in [-0.2, -0.15) is 0 Å². The fraction of sp³-hybridized carbons (Fsp3) is 0.417. The summed E-state index contributed by atoms with van der Waals surface area (Å²) in [5.74, 6) is 0.520. The molecule has 4 heteroatoms. The van der Waals surface area contributed by atoms with Crippen LogP contribution in [0.4, 0.5) is 5.69 Å².